The van der Waals surface area contributed by atoms with Gasteiger partial charge in [-0.15, -0.1) is 11.3 Å². The van der Waals surface area contributed by atoms with Crippen molar-refractivity contribution in [3.8, 4) is 6.07 Å². The summed E-state index contributed by atoms with van der Waals surface area (Å²) in [4.78, 5) is 26.4. The number of hydrogen-bond donors (Lipinski definition) is 1. The van der Waals surface area contributed by atoms with Crippen LogP contribution in [0.5, 0.6) is 0 Å². The van der Waals surface area contributed by atoms with E-state index in [0.29, 0.717) is 0 Å². The van der Waals surface area contributed by atoms with E-state index < -0.39 is 29.1 Å². The zero-order valence-corrected chi connectivity index (χ0v) is 20.3. The number of carbonyl (C=O) groups is 1. The van der Waals surface area contributed by atoms with Crippen molar-refractivity contribution in [2.24, 2.45) is 5.73 Å². The van der Waals surface area contributed by atoms with Crippen LogP contribution in [0.15, 0.2) is 46.8 Å². The van der Waals surface area contributed by atoms with Crippen LogP contribution in [-0.2, 0) is 9.53 Å². The summed E-state index contributed by atoms with van der Waals surface area (Å²) < 4.78 is 35.5. The summed E-state index contributed by atoms with van der Waals surface area (Å²) in [5.41, 5.74) is 4.85. The third kappa shape index (κ3) is 4.14. The molecule has 178 valence electrons. The minimum Gasteiger partial charge on any atom is -0.463 e. The highest BCUT2D eigenvalue weighted by atomic mass is 35.5. The smallest absolute Gasteiger partial charge is 0.338 e. The molecule has 0 saturated heterocycles. The van der Waals surface area contributed by atoms with Gasteiger partial charge in [0, 0.05) is 16.1 Å². The normalized spacial score (nSPS) is 15.7. The van der Waals surface area contributed by atoms with Gasteiger partial charge in [0.05, 0.1) is 39.3 Å². The number of fused-ring (bicyclic) bond motifs is 1. The molecule has 1 atom stereocenters. The van der Waals surface area contributed by atoms with Crippen LogP contribution in [0.1, 0.15) is 24.0 Å². The Morgan fingerprint density at radius 2 is 1.89 bits per heavy atom. The van der Waals surface area contributed by atoms with E-state index in [1.54, 1.807) is 6.92 Å². The van der Waals surface area contributed by atoms with Gasteiger partial charge in [-0.2, -0.15) is 5.26 Å². The van der Waals surface area contributed by atoms with Gasteiger partial charge in [0.1, 0.15) is 22.1 Å². The number of thiazole rings is 1. The Balaban J connectivity index is 2.17. The summed E-state index contributed by atoms with van der Waals surface area (Å²) in [6.07, 6.45) is 1.23. The molecule has 1 unspecified atom stereocenters. The number of esters is 1. The molecule has 1 aliphatic heterocycles. The van der Waals surface area contributed by atoms with Crippen LogP contribution in [0.4, 0.5) is 8.78 Å². The van der Waals surface area contributed by atoms with Gasteiger partial charge in [0.25, 0.3) is 5.56 Å². The van der Waals surface area contributed by atoms with Crippen molar-refractivity contribution in [2.45, 2.75) is 12.8 Å². The van der Waals surface area contributed by atoms with Gasteiger partial charge in [-0.3, -0.25) is 9.36 Å². The first kappa shape index (κ1) is 24.7. The number of halogens is 4. The fraction of sp³-hybridized carbons (Fsp3) is 0.125. The van der Waals surface area contributed by atoms with Crippen molar-refractivity contribution in [1.29, 1.82) is 5.26 Å². The maximum atomic E-state index is 15.0. The predicted molar refractivity (Wildman–Crippen MR) is 130 cm³/mol. The van der Waals surface area contributed by atoms with E-state index in [1.165, 1.54) is 36.4 Å². The van der Waals surface area contributed by atoms with E-state index in [4.69, 9.17) is 33.7 Å². The maximum Gasteiger partial charge on any atom is 0.338 e. The van der Waals surface area contributed by atoms with Crippen LogP contribution in [0.2, 0.25) is 10.0 Å². The quantitative estimate of drug-likeness (QED) is 0.517. The van der Waals surface area contributed by atoms with Gasteiger partial charge in [0.15, 0.2) is 0 Å². The molecule has 0 fully saturated rings. The monoisotopic (exact) mass is 533 g/mol. The highest BCUT2D eigenvalue weighted by Crippen LogP contribution is 2.41. The SMILES string of the molecule is CCOC(=O)C1=c2sc(=Cc3c(F)cccc3Cl)c(=O)n2C(N)=C(C#N)C1c1c(F)cccc1Cl. The predicted octanol–water partition coefficient (Wildman–Crippen LogP) is 3.49. The number of carbonyl (C=O) groups excluding carboxylic acids is 1. The summed E-state index contributed by atoms with van der Waals surface area (Å²) in [5.74, 6) is -3.97. The van der Waals surface area contributed by atoms with Gasteiger partial charge < -0.3 is 10.5 Å². The van der Waals surface area contributed by atoms with Gasteiger partial charge in [-0.1, -0.05) is 35.3 Å². The second kappa shape index (κ2) is 9.66. The van der Waals surface area contributed by atoms with E-state index in [2.05, 4.69) is 0 Å². The molecule has 6 nitrogen and oxygen atoms in total. The minimum atomic E-state index is -1.34. The Bertz CT molecular complexity index is 1600. The average Bonchev–Trinajstić information content (AvgIpc) is 3.12. The number of hydrogen-bond acceptors (Lipinski definition) is 6. The molecule has 0 bridgehead atoms. The molecule has 0 saturated carbocycles. The fourth-order valence-corrected chi connectivity index (χ4v) is 5.45. The number of allylic oxidation sites excluding steroid dienone is 1. The first-order chi connectivity index (χ1) is 16.7. The zero-order valence-electron chi connectivity index (χ0n) is 17.9. The molecule has 0 aliphatic carbocycles. The molecule has 0 amide bonds. The molecule has 2 aromatic carbocycles. The van der Waals surface area contributed by atoms with Crippen molar-refractivity contribution in [2.75, 3.05) is 6.61 Å². The standard InChI is InChI=1S/C24H15Cl2F2N3O3S/c1-2-34-24(33)20-18(19-14(26)6-4-8-16(19)28)12(10-29)21(30)31-22(32)17(35-23(20)31)9-11-13(25)5-3-7-15(11)27/h3-9,18H,2,30H2,1H3. The van der Waals surface area contributed by atoms with E-state index >= 15 is 0 Å². The van der Waals surface area contributed by atoms with Crippen molar-refractivity contribution >= 4 is 58.0 Å². The van der Waals surface area contributed by atoms with E-state index in [0.717, 1.165) is 22.0 Å². The molecule has 2 N–H and O–H groups in total. The first-order valence-electron chi connectivity index (χ1n) is 10.1. The third-order valence-corrected chi connectivity index (χ3v) is 7.09. The number of nitriles is 1. The molecular weight excluding hydrogens is 519 g/mol. The molecule has 4 rings (SSSR count). The van der Waals surface area contributed by atoms with Crippen molar-refractivity contribution in [3.63, 3.8) is 0 Å². The lowest BCUT2D eigenvalue weighted by Gasteiger charge is -2.25. The van der Waals surface area contributed by atoms with Gasteiger partial charge >= 0.3 is 5.97 Å². The lowest BCUT2D eigenvalue weighted by atomic mass is 9.83. The number of nitrogens with zero attached hydrogens (tertiary/aromatic N) is 2. The van der Waals surface area contributed by atoms with Crippen molar-refractivity contribution < 1.29 is 18.3 Å². The Hall–Kier alpha value is -3.45. The Morgan fingerprint density at radius 3 is 2.49 bits per heavy atom. The van der Waals surface area contributed by atoms with Crippen molar-refractivity contribution in [1.82, 2.24) is 4.57 Å². The number of nitrogens with two attached hydrogens (primary N) is 1. The molecule has 11 heteroatoms. The third-order valence-electron chi connectivity index (χ3n) is 5.33. The van der Waals surface area contributed by atoms with Gasteiger partial charge in [-0.05, 0) is 37.3 Å². The molecule has 3 aromatic rings. The summed E-state index contributed by atoms with van der Waals surface area (Å²) in [5, 5.41) is 9.95. The fourth-order valence-electron chi connectivity index (χ4n) is 3.81. The molecule has 0 spiro atoms. The minimum absolute atomic E-state index is 0.00739. The molecule has 35 heavy (non-hydrogen) atoms. The highest BCUT2D eigenvalue weighted by molar-refractivity contribution is 7.07. The highest BCUT2D eigenvalue weighted by Gasteiger charge is 2.38. The summed E-state index contributed by atoms with van der Waals surface area (Å²) in [6.45, 7) is 1.54. The van der Waals surface area contributed by atoms with E-state index in [1.807, 2.05) is 6.07 Å². The topological polar surface area (TPSA) is 98.1 Å². The summed E-state index contributed by atoms with van der Waals surface area (Å²) >= 11 is 13.2. The number of aromatic nitrogens is 1. The van der Waals surface area contributed by atoms with Crippen LogP contribution < -0.4 is 20.5 Å². The van der Waals surface area contributed by atoms with Crippen LogP contribution in [0.25, 0.3) is 17.5 Å². The Kier molecular flexibility index (Phi) is 6.81. The number of benzene rings is 2. The van der Waals surface area contributed by atoms with E-state index in [-0.39, 0.29) is 53.9 Å². The average molecular weight is 534 g/mol. The lowest BCUT2D eigenvalue weighted by Crippen LogP contribution is -2.40. The second-order valence-corrected chi connectivity index (χ2v) is 9.15. The lowest BCUT2D eigenvalue weighted by molar-refractivity contribution is -0.136. The molecule has 2 heterocycles. The van der Waals surface area contributed by atoms with Crippen LogP contribution in [0.3, 0.4) is 0 Å². The molecule has 1 aromatic heterocycles. The van der Waals surface area contributed by atoms with Crippen LogP contribution in [-0.4, -0.2) is 17.1 Å². The summed E-state index contributed by atoms with van der Waals surface area (Å²) in [7, 11) is 0. The largest absolute Gasteiger partial charge is 0.463 e. The van der Waals surface area contributed by atoms with Gasteiger partial charge in [0.2, 0.25) is 0 Å². The molecule has 1 aliphatic rings. The van der Waals surface area contributed by atoms with Gasteiger partial charge in [-0.25, -0.2) is 13.6 Å². The Morgan fingerprint density at radius 1 is 1.23 bits per heavy atom. The van der Waals surface area contributed by atoms with Crippen LogP contribution >= 0.6 is 34.5 Å². The first-order valence-corrected chi connectivity index (χ1v) is 11.7. The number of rotatable bonds is 4. The second-order valence-electron chi connectivity index (χ2n) is 7.30. The maximum absolute atomic E-state index is 15.0. The zero-order chi connectivity index (χ0) is 25.4. The molecule has 0 radical (unpaired) electrons. The summed E-state index contributed by atoms with van der Waals surface area (Å²) in [6, 6.07) is 9.84. The van der Waals surface area contributed by atoms with Crippen molar-refractivity contribution in [3.05, 3.63) is 94.3 Å². The molecular formula is C24H15Cl2F2N3O3S. The number of ether oxygens (including phenoxy) is 1. The van der Waals surface area contributed by atoms with Crippen LogP contribution in [0, 0.1) is 23.0 Å². The van der Waals surface area contributed by atoms with E-state index in [9.17, 15) is 23.6 Å². The Labute approximate surface area is 211 Å².